The average Bonchev–Trinajstić information content (AvgIpc) is 2.44. The maximum absolute atomic E-state index is 12.5. The number of pyridine rings is 1. The van der Waals surface area contributed by atoms with Gasteiger partial charge in [0.25, 0.3) is 0 Å². The molecule has 6 heteroatoms. The topological polar surface area (TPSA) is 19.4 Å². The lowest BCUT2D eigenvalue weighted by atomic mass is 9.86. The Balaban J connectivity index is 1.61. The molecule has 0 radical (unpaired) electrons. The van der Waals surface area contributed by atoms with Crippen molar-refractivity contribution in [1.82, 2.24) is 14.8 Å². The standard InChI is InChI=1S/C15H20F3N3/c1-10(2)20-8-12-5-13(9-20)21(12)7-11-3-4-14(19-6-11)15(16,17)18/h3-4,6,10,12-13H,5,7-9H2,1-2H3. The Kier molecular flexibility index (Phi) is 3.69. The number of hydrogen-bond acceptors (Lipinski definition) is 3. The highest BCUT2D eigenvalue weighted by Gasteiger charge is 2.44. The first-order chi connectivity index (χ1) is 9.84. The molecule has 2 atom stereocenters. The highest BCUT2D eigenvalue weighted by atomic mass is 19.4. The molecule has 2 unspecified atom stereocenters. The van der Waals surface area contributed by atoms with Crippen molar-refractivity contribution in [1.29, 1.82) is 0 Å². The van der Waals surface area contributed by atoms with Gasteiger partial charge < -0.3 is 0 Å². The third kappa shape index (κ3) is 2.92. The van der Waals surface area contributed by atoms with Gasteiger partial charge in [0.1, 0.15) is 5.69 Å². The minimum atomic E-state index is -4.36. The molecule has 0 amide bonds. The van der Waals surface area contributed by atoms with Gasteiger partial charge in [0.05, 0.1) is 0 Å². The van der Waals surface area contributed by atoms with Gasteiger partial charge in [-0.1, -0.05) is 6.07 Å². The summed E-state index contributed by atoms with van der Waals surface area (Å²) in [5, 5.41) is 0. The van der Waals surface area contributed by atoms with E-state index in [9.17, 15) is 13.2 Å². The van der Waals surface area contributed by atoms with Gasteiger partial charge >= 0.3 is 6.18 Å². The second kappa shape index (κ2) is 5.25. The van der Waals surface area contributed by atoms with Crippen molar-refractivity contribution in [2.75, 3.05) is 13.1 Å². The Morgan fingerprint density at radius 3 is 2.38 bits per heavy atom. The molecule has 4 heterocycles. The van der Waals surface area contributed by atoms with Crippen LogP contribution in [-0.4, -0.2) is 46.0 Å². The third-order valence-corrected chi connectivity index (χ3v) is 4.58. The fraction of sp³-hybridized carbons (Fsp3) is 0.667. The smallest absolute Gasteiger partial charge is 0.298 e. The summed E-state index contributed by atoms with van der Waals surface area (Å²) in [6, 6.07) is 4.25. The quantitative estimate of drug-likeness (QED) is 0.855. The first kappa shape index (κ1) is 14.8. The summed E-state index contributed by atoms with van der Waals surface area (Å²) in [5.74, 6) is 0. The zero-order valence-corrected chi connectivity index (χ0v) is 12.3. The van der Waals surface area contributed by atoms with E-state index in [1.54, 1.807) is 6.07 Å². The highest BCUT2D eigenvalue weighted by molar-refractivity contribution is 5.17. The van der Waals surface area contributed by atoms with Gasteiger partial charge in [0.15, 0.2) is 0 Å². The lowest BCUT2D eigenvalue weighted by Gasteiger charge is -2.57. The van der Waals surface area contributed by atoms with E-state index < -0.39 is 11.9 Å². The summed E-state index contributed by atoms with van der Waals surface area (Å²) in [5.41, 5.74) is 0.0386. The second-order valence-corrected chi connectivity index (χ2v) is 6.31. The van der Waals surface area contributed by atoms with E-state index in [2.05, 4.69) is 28.6 Å². The van der Waals surface area contributed by atoms with E-state index in [4.69, 9.17) is 0 Å². The predicted octanol–water partition coefficient (Wildman–Crippen LogP) is 2.77. The van der Waals surface area contributed by atoms with E-state index in [-0.39, 0.29) is 0 Å². The number of aromatic nitrogens is 1. The number of halogens is 3. The molecule has 3 saturated heterocycles. The number of nitrogens with zero attached hydrogens (tertiary/aromatic N) is 3. The van der Waals surface area contributed by atoms with E-state index >= 15 is 0 Å². The maximum Gasteiger partial charge on any atom is 0.433 e. The fourth-order valence-electron chi connectivity index (χ4n) is 3.30. The van der Waals surface area contributed by atoms with Gasteiger partial charge in [-0.05, 0) is 31.9 Å². The molecular weight excluding hydrogens is 279 g/mol. The zero-order chi connectivity index (χ0) is 15.2. The van der Waals surface area contributed by atoms with Crippen molar-refractivity contribution in [3.05, 3.63) is 29.6 Å². The van der Waals surface area contributed by atoms with Crippen LogP contribution >= 0.6 is 0 Å². The van der Waals surface area contributed by atoms with Crippen LogP contribution in [0.2, 0.25) is 0 Å². The first-order valence-electron chi connectivity index (χ1n) is 7.36. The molecule has 21 heavy (non-hydrogen) atoms. The summed E-state index contributed by atoms with van der Waals surface area (Å²) in [6.07, 6.45) is -1.79. The second-order valence-electron chi connectivity index (χ2n) is 6.31. The van der Waals surface area contributed by atoms with Gasteiger partial charge in [-0.15, -0.1) is 0 Å². The minimum Gasteiger partial charge on any atom is -0.298 e. The summed E-state index contributed by atoms with van der Waals surface area (Å²) in [4.78, 5) is 8.40. The Labute approximate surface area is 122 Å². The molecule has 3 nitrogen and oxygen atoms in total. The zero-order valence-electron chi connectivity index (χ0n) is 12.3. The van der Waals surface area contributed by atoms with Gasteiger partial charge in [-0.3, -0.25) is 14.8 Å². The average molecular weight is 299 g/mol. The Bertz CT molecular complexity index is 486. The van der Waals surface area contributed by atoms with E-state index in [1.165, 1.54) is 12.6 Å². The largest absolute Gasteiger partial charge is 0.433 e. The monoisotopic (exact) mass is 299 g/mol. The number of piperidine rings is 1. The number of fused-ring (bicyclic) bond motifs is 2. The molecule has 4 rings (SSSR count). The normalized spacial score (nSPS) is 27.0. The van der Waals surface area contributed by atoms with Crippen LogP contribution in [0.1, 0.15) is 31.5 Å². The van der Waals surface area contributed by atoms with E-state index in [0.717, 1.165) is 24.7 Å². The lowest BCUT2D eigenvalue weighted by molar-refractivity contribution is -0.141. The Hall–Kier alpha value is -1.14. The molecule has 2 bridgehead atoms. The molecule has 0 aromatic carbocycles. The van der Waals surface area contributed by atoms with Crippen LogP contribution in [-0.2, 0) is 12.7 Å². The van der Waals surface area contributed by atoms with Crippen LogP contribution in [0.5, 0.6) is 0 Å². The van der Waals surface area contributed by atoms with Crippen LogP contribution in [0.25, 0.3) is 0 Å². The maximum atomic E-state index is 12.5. The fourth-order valence-corrected chi connectivity index (χ4v) is 3.30. The van der Waals surface area contributed by atoms with Gasteiger partial charge in [0, 0.05) is 44.0 Å². The Morgan fingerprint density at radius 2 is 1.90 bits per heavy atom. The molecule has 3 aliphatic rings. The van der Waals surface area contributed by atoms with Gasteiger partial charge in [-0.2, -0.15) is 13.2 Å². The molecule has 0 N–H and O–H groups in total. The van der Waals surface area contributed by atoms with Crippen molar-refractivity contribution in [3.63, 3.8) is 0 Å². The van der Waals surface area contributed by atoms with E-state index in [1.807, 2.05) is 0 Å². The van der Waals surface area contributed by atoms with Gasteiger partial charge in [0.2, 0.25) is 0 Å². The summed E-state index contributed by atoms with van der Waals surface area (Å²) >= 11 is 0. The van der Waals surface area contributed by atoms with Crippen LogP contribution in [0.15, 0.2) is 18.3 Å². The van der Waals surface area contributed by atoms with Crippen molar-refractivity contribution in [2.24, 2.45) is 0 Å². The molecule has 0 saturated carbocycles. The number of rotatable bonds is 3. The van der Waals surface area contributed by atoms with Crippen molar-refractivity contribution in [3.8, 4) is 0 Å². The number of piperazine rings is 1. The van der Waals surface area contributed by atoms with Crippen LogP contribution in [0.3, 0.4) is 0 Å². The van der Waals surface area contributed by atoms with Crippen LogP contribution < -0.4 is 0 Å². The molecule has 116 valence electrons. The third-order valence-electron chi connectivity index (χ3n) is 4.58. The SMILES string of the molecule is CC(C)N1CC2CC(C1)N2Cc1ccc(C(F)(F)F)nc1. The highest BCUT2D eigenvalue weighted by Crippen LogP contribution is 2.34. The summed E-state index contributed by atoms with van der Waals surface area (Å²) in [6.45, 7) is 7.22. The van der Waals surface area contributed by atoms with Crippen molar-refractivity contribution >= 4 is 0 Å². The van der Waals surface area contributed by atoms with Crippen LogP contribution in [0, 0.1) is 0 Å². The van der Waals surface area contributed by atoms with Crippen molar-refractivity contribution in [2.45, 2.75) is 51.1 Å². The molecule has 0 aliphatic carbocycles. The number of alkyl halides is 3. The van der Waals surface area contributed by atoms with E-state index in [0.29, 0.717) is 24.7 Å². The molecule has 1 aromatic heterocycles. The van der Waals surface area contributed by atoms with Crippen molar-refractivity contribution < 1.29 is 13.2 Å². The van der Waals surface area contributed by atoms with Gasteiger partial charge in [-0.25, -0.2) is 0 Å². The Morgan fingerprint density at radius 1 is 1.24 bits per heavy atom. The minimum absolute atomic E-state index is 0.536. The molecule has 3 aliphatic heterocycles. The summed E-state index contributed by atoms with van der Waals surface area (Å²) in [7, 11) is 0. The number of hydrogen-bond donors (Lipinski definition) is 0. The lowest BCUT2D eigenvalue weighted by Crippen LogP contribution is -2.68. The predicted molar refractivity (Wildman–Crippen MR) is 73.7 cm³/mol. The molecule has 0 spiro atoms. The molecule has 3 fully saturated rings. The first-order valence-corrected chi connectivity index (χ1v) is 7.36. The molecular formula is C15H20F3N3. The van der Waals surface area contributed by atoms with Crippen LogP contribution in [0.4, 0.5) is 13.2 Å². The summed E-state index contributed by atoms with van der Waals surface area (Å²) < 4.78 is 37.5. The molecule has 1 aromatic rings.